The maximum absolute atomic E-state index is 13.2. The Morgan fingerprint density at radius 2 is 2.12 bits per heavy atom. The van der Waals surface area contributed by atoms with Crippen molar-refractivity contribution in [2.45, 2.75) is 26.3 Å². The maximum atomic E-state index is 13.2. The molecule has 0 spiro atoms. The van der Waals surface area contributed by atoms with Gasteiger partial charge in [-0.05, 0) is 37.6 Å². The van der Waals surface area contributed by atoms with Crippen molar-refractivity contribution in [1.82, 2.24) is 5.32 Å². The third kappa shape index (κ3) is 2.80. The summed E-state index contributed by atoms with van der Waals surface area (Å²) in [5, 5.41) is 12.5. The predicted octanol–water partition coefficient (Wildman–Crippen LogP) is 2.41. The Balaban J connectivity index is 2.98. The van der Waals surface area contributed by atoms with Gasteiger partial charge in [0.2, 0.25) is 0 Å². The first-order valence-corrected chi connectivity index (χ1v) is 5.68. The second-order valence-electron chi connectivity index (χ2n) is 4.13. The molecule has 0 aliphatic rings. The number of hydrogen-bond acceptors (Lipinski definition) is 2. The van der Waals surface area contributed by atoms with Crippen molar-refractivity contribution in [3.8, 4) is 0 Å². The summed E-state index contributed by atoms with van der Waals surface area (Å²) in [6.07, 6.45) is 0.887. The molecule has 0 heterocycles. The minimum absolute atomic E-state index is 0.0781. The van der Waals surface area contributed by atoms with Crippen LogP contribution >= 0.6 is 0 Å². The van der Waals surface area contributed by atoms with Crippen molar-refractivity contribution in [2.75, 3.05) is 13.7 Å². The normalized spacial score (nSPS) is 14.8. The molecular weight excluding hydrogens is 205 g/mol. The van der Waals surface area contributed by atoms with Crippen molar-refractivity contribution < 1.29 is 9.50 Å². The van der Waals surface area contributed by atoms with Gasteiger partial charge < -0.3 is 10.4 Å². The molecule has 0 saturated carbocycles. The van der Waals surface area contributed by atoms with Crippen LogP contribution in [0.4, 0.5) is 4.39 Å². The van der Waals surface area contributed by atoms with E-state index in [0.29, 0.717) is 5.56 Å². The van der Waals surface area contributed by atoms with Crippen LogP contribution in [0.25, 0.3) is 0 Å². The average Bonchev–Trinajstić information content (AvgIpc) is 2.29. The molecular formula is C13H20FNO. The first-order chi connectivity index (χ1) is 7.63. The van der Waals surface area contributed by atoms with E-state index in [0.717, 1.165) is 12.0 Å². The van der Waals surface area contributed by atoms with Crippen LogP contribution in [-0.4, -0.2) is 18.8 Å². The van der Waals surface area contributed by atoms with E-state index >= 15 is 0 Å². The molecule has 3 heteroatoms. The lowest BCUT2D eigenvalue weighted by Crippen LogP contribution is -2.27. The fraction of sp³-hybridized carbons (Fsp3) is 0.538. The van der Waals surface area contributed by atoms with Gasteiger partial charge in [-0.2, -0.15) is 0 Å². The van der Waals surface area contributed by atoms with Gasteiger partial charge in [0.15, 0.2) is 0 Å². The molecule has 0 aromatic heterocycles. The fourth-order valence-corrected chi connectivity index (χ4v) is 2.01. The van der Waals surface area contributed by atoms with E-state index in [1.807, 2.05) is 20.0 Å². The number of aryl methyl sites for hydroxylation is 1. The topological polar surface area (TPSA) is 32.3 Å². The number of halogens is 1. The van der Waals surface area contributed by atoms with Gasteiger partial charge in [0.05, 0.1) is 0 Å². The molecule has 1 aromatic carbocycles. The number of nitrogens with one attached hydrogen (secondary N) is 1. The number of rotatable bonds is 5. The summed E-state index contributed by atoms with van der Waals surface area (Å²) in [7, 11) is 1.86. The van der Waals surface area contributed by atoms with Crippen LogP contribution in [0.1, 0.15) is 30.5 Å². The van der Waals surface area contributed by atoms with Gasteiger partial charge in [0.1, 0.15) is 5.82 Å². The van der Waals surface area contributed by atoms with E-state index in [9.17, 15) is 9.50 Å². The van der Waals surface area contributed by atoms with E-state index in [2.05, 4.69) is 5.32 Å². The van der Waals surface area contributed by atoms with Crippen LogP contribution < -0.4 is 5.32 Å². The molecule has 0 aliphatic carbocycles. The molecule has 2 N–H and O–H groups in total. The zero-order valence-electron chi connectivity index (χ0n) is 10.1. The first-order valence-electron chi connectivity index (χ1n) is 5.68. The Bertz CT molecular complexity index is 337. The molecule has 16 heavy (non-hydrogen) atoms. The van der Waals surface area contributed by atoms with Crippen molar-refractivity contribution >= 4 is 0 Å². The number of aliphatic hydroxyl groups excluding tert-OH is 1. The standard InChI is InChI=1S/C13H20FNO/c1-4-10(8-16)13(15-3)11-5-6-12(14)9(2)7-11/h5-7,10,13,15-16H,4,8H2,1-3H3. The van der Waals surface area contributed by atoms with Crippen molar-refractivity contribution in [3.05, 3.63) is 35.1 Å². The van der Waals surface area contributed by atoms with Crippen LogP contribution in [-0.2, 0) is 0 Å². The van der Waals surface area contributed by atoms with E-state index in [-0.39, 0.29) is 24.4 Å². The Labute approximate surface area is 96.5 Å². The molecule has 2 nitrogen and oxygen atoms in total. The van der Waals surface area contributed by atoms with Crippen LogP contribution in [0.3, 0.4) is 0 Å². The lowest BCUT2D eigenvalue weighted by Gasteiger charge is -2.25. The minimum Gasteiger partial charge on any atom is -0.396 e. The maximum Gasteiger partial charge on any atom is 0.126 e. The van der Waals surface area contributed by atoms with E-state index in [1.54, 1.807) is 13.0 Å². The van der Waals surface area contributed by atoms with Crippen LogP contribution in [0.5, 0.6) is 0 Å². The number of aliphatic hydroxyl groups is 1. The van der Waals surface area contributed by atoms with Gasteiger partial charge >= 0.3 is 0 Å². The van der Waals surface area contributed by atoms with Gasteiger partial charge in [-0.3, -0.25) is 0 Å². The van der Waals surface area contributed by atoms with Crippen molar-refractivity contribution in [1.29, 1.82) is 0 Å². The monoisotopic (exact) mass is 225 g/mol. The van der Waals surface area contributed by atoms with Crippen LogP contribution in [0.2, 0.25) is 0 Å². The van der Waals surface area contributed by atoms with Gasteiger partial charge in [-0.1, -0.05) is 19.1 Å². The molecule has 90 valence electrons. The highest BCUT2D eigenvalue weighted by atomic mass is 19.1. The van der Waals surface area contributed by atoms with Gasteiger partial charge in [-0.15, -0.1) is 0 Å². The summed E-state index contributed by atoms with van der Waals surface area (Å²) in [6.45, 7) is 3.94. The van der Waals surface area contributed by atoms with Gasteiger partial charge in [0, 0.05) is 18.6 Å². The zero-order valence-corrected chi connectivity index (χ0v) is 10.1. The third-order valence-corrected chi connectivity index (χ3v) is 3.08. The molecule has 0 fully saturated rings. The Hall–Kier alpha value is -0.930. The van der Waals surface area contributed by atoms with Crippen molar-refractivity contribution in [2.24, 2.45) is 5.92 Å². The highest BCUT2D eigenvalue weighted by molar-refractivity contribution is 5.27. The average molecular weight is 225 g/mol. The molecule has 2 unspecified atom stereocenters. The molecule has 1 rings (SSSR count). The lowest BCUT2D eigenvalue weighted by molar-refractivity contribution is 0.189. The Kier molecular flexibility index (Phi) is 4.90. The Morgan fingerprint density at radius 1 is 1.44 bits per heavy atom. The quantitative estimate of drug-likeness (QED) is 0.806. The molecule has 0 saturated heterocycles. The van der Waals surface area contributed by atoms with Gasteiger partial charge in [0.25, 0.3) is 0 Å². The second-order valence-corrected chi connectivity index (χ2v) is 4.13. The Morgan fingerprint density at radius 3 is 2.56 bits per heavy atom. The molecule has 0 bridgehead atoms. The summed E-state index contributed by atoms with van der Waals surface area (Å²) >= 11 is 0. The van der Waals surface area contributed by atoms with E-state index in [1.165, 1.54) is 6.07 Å². The lowest BCUT2D eigenvalue weighted by atomic mass is 9.91. The van der Waals surface area contributed by atoms with Gasteiger partial charge in [-0.25, -0.2) is 4.39 Å². The fourth-order valence-electron chi connectivity index (χ4n) is 2.01. The predicted molar refractivity (Wildman–Crippen MR) is 63.8 cm³/mol. The van der Waals surface area contributed by atoms with E-state index in [4.69, 9.17) is 0 Å². The summed E-state index contributed by atoms with van der Waals surface area (Å²) < 4.78 is 13.2. The molecule has 2 atom stereocenters. The van der Waals surface area contributed by atoms with Crippen LogP contribution in [0.15, 0.2) is 18.2 Å². The first kappa shape index (κ1) is 13.1. The molecule has 0 amide bonds. The van der Waals surface area contributed by atoms with Crippen LogP contribution in [0, 0.1) is 18.7 Å². The summed E-state index contributed by atoms with van der Waals surface area (Å²) in [4.78, 5) is 0. The van der Waals surface area contributed by atoms with Crippen molar-refractivity contribution in [3.63, 3.8) is 0 Å². The smallest absolute Gasteiger partial charge is 0.126 e. The summed E-state index contributed by atoms with van der Waals surface area (Å²) in [6, 6.07) is 5.18. The summed E-state index contributed by atoms with van der Waals surface area (Å²) in [5.74, 6) is -0.0227. The molecule has 0 radical (unpaired) electrons. The zero-order chi connectivity index (χ0) is 12.1. The molecule has 0 aliphatic heterocycles. The highest BCUT2D eigenvalue weighted by Gasteiger charge is 2.19. The SMILES string of the molecule is CCC(CO)C(NC)c1ccc(F)c(C)c1. The highest BCUT2D eigenvalue weighted by Crippen LogP contribution is 2.25. The second kappa shape index (κ2) is 5.97. The van der Waals surface area contributed by atoms with E-state index < -0.39 is 0 Å². The minimum atomic E-state index is -0.185. The third-order valence-electron chi connectivity index (χ3n) is 3.08. The summed E-state index contributed by atoms with van der Waals surface area (Å²) in [5.41, 5.74) is 1.67. The largest absolute Gasteiger partial charge is 0.396 e. The number of benzene rings is 1. The molecule has 1 aromatic rings. The number of hydrogen-bond donors (Lipinski definition) is 2.